The molecule has 1 heterocycles. The minimum Gasteiger partial charge on any atom is -0.375 e. The zero-order valence-corrected chi connectivity index (χ0v) is 10.1. The Morgan fingerprint density at radius 2 is 2.31 bits per heavy atom. The lowest BCUT2D eigenvalue weighted by atomic mass is 10.2. The minimum absolute atomic E-state index is 0.0307. The SMILES string of the molecule is CC(Nc1ccc(Cl)cc1F)c1cncs1. The van der Waals surface area contributed by atoms with Gasteiger partial charge in [-0.3, -0.25) is 4.98 Å². The van der Waals surface area contributed by atoms with E-state index in [2.05, 4.69) is 10.3 Å². The Morgan fingerprint density at radius 3 is 2.94 bits per heavy atom. The van der Waals surface area contributed by atoms with Crippen molar-refractivity contribution < 1.29 is 4.39 Å². The van der Waals surface area contributed by atoms with Crippen LogP contribution >= 0.6 is 22.9 Å². The second kappa shape index (κ2) is 4.80. The highest BCUT2D eigenvalue weighted by atomic mass is 35.5. The molecule has 0 aliphatic carbocycles. The Hall–Kier alpha value is -1.13. The first-order valence-corrected chi connectivity index (χ1v) is 6.02. The molecule has 0 saturated heterocycles. The zero-order chi connectivity index (χ0) is 11.5. The number of nitrogens with zero attached hydrogens (tertiary/aromatic N) is 1. The minimum atomic E-state index is -0.344. The van der Waals surface area contributed by atoms with Gasteiger partial charge >= 0.3 is 0 Å². The highest BCUT2D eigenvalue weighted by Gasteiger charge is 2.09. The molecule has 0 radical (unpaired) electrons. The fourth-order valence-electron chi connectivity index (χ4n) is 1.35. The summed E-state index contributed by atoms with van der Waals surface area (Å²) in [5, 5.41) is 3.47. The lowest BCUT2D eigenvalue weighted by Gasteiger charge is -2.13. The van der Waals surface area contributed by atoms with Gasteiger partial charge in [0.05, 0.1) is 17.2 Å². The van der Waals surface area contributed by atoms with Gasteiger partial charge in [0.1, 0.15) is 5.82 Å². The third kappa shape index (κ3) is 2.51. The quantitative estimate of drug-likeness (QED) is 0.894. The fraction of sp³-hybridized carbons (Fsp3) is 0.182. The molecule has 0 bridgehead atoms. The van der Waals surface area contributed by atoms with Crippen LogP contribution in [0, 0.1) is 5.82 Å². The summed E-state index contributed by atoms with van der Waals surface area (Å²) in [6, 6.07) is 4.62. The van der Waals surface area contributed by atoms with Crippen LogP contribution in [0.25, 0.3) is 0 Å². The van der Waals surface area contributed by atoms with Gasteiger partial charge in [-0.05, 0) is 25.1 Å². The predicted molar refractivity (Wildman–Crippen MR) is 65.6 cm³/mol. The van der Waals surface area contributed by atoms with E-state index >= 15 is 0 Å². The molecular formula is C11H10ClFN2S. The van der Waals surface area contributed by atoms with Crippen molar-refractivity contribution in [1.29, 1.82) is 0 Å². The third-order valence-electron chi connectivity index (χ3n) is 2.18. The molecule has 0 aliphatic heterocycles. The average molecular weight is 257 g/mol. The lowest BCUT2D eigenvalue weighted by molar-refractivity contribution is 0.628. The molecule has 2 rings (SSSR count). The summed E-state index contributed by atoms with van der Waals surface area (Å²) in [4.78, 5) is 5.05. The maximum Gasteiger partial charge on any atom is 0.147 e. The zero-order valence-electron chi connectivity index (χ0n) is 8.58. The number of nitrogens with one attached hydrogen (secondary N) is 1. The summed E-state index contributed by atoms with van der Waals surface area (Å²) in [5.41, 5.74) is 2.21. The van der Waals surface area contributed by atoms with E-state index in [0.29, 0.717) is 10.7 Å². The van der Waals surface area contributed by atoms with Crippen LogP contribution in [0.2, 0.25) is 5.02 Å². The number of rotatable bonds is 3. The van der Waals surface area contributed by atoms with Gasteiger partial charge in [0.2, 0.25) is 0 Å². The predicted octanol–water partition coefficient (Wildman–Crippen LogP) is 4.11. The molecule has 0 spiro atoms. The Balaban J connectivity index is 2.15. The summed E-state index contributed by atoms with van der Waals surface area (Å²) in [6.07, 6.45) is 1.77. The second-order valence-corrected chi connectivity index (χ2v) is 4.75. The van der Waals surface area contributed by atoms with Crippen molar-refractivity contribution in [3.8, 4) is 0 Å². The molecule has 1 unspecified atom stereocenters. The van der Waals surface area contributed by atoms with Crippen molar-refractivity contribution in [2.24, 2.45) is 0 Å². The number of hydrogen-bond donors (Lipinski definition) is 1. The van der Waals surface area contributed by atoms with Gasteiger partial charge in [-0.2, -0.15) is 0 Å². The van der Waals surface area contributed by atoms with Crippen molar-refractivity contribution in [3.05, 3.63) is 45.6 Å². The van der Waals surface area contributed by atoms with E-state index in [1.807, 2.05) is 6.92 Å². The molecule has 1 N–H and O–H groups in total. The number of halogens is 2. The van der Waals surface area contributed by atoms with Gasteiger partial charge in [0.15, 0.2) is 0 Å². The van der Waals surface area contributed by atoms with Crippen LogP contribution in [-0.4, -0.2) is 4.98 Å². The average Bonchev–Trinajstić information content (AvgIpc) is 2.75. The molecule has 84 valence electrons. The molecule has 16 heavy (non-hydrogen) atoms. The summed E-state index contributed by atoms with van der Waals surface area (Å²) in [5.74, 6) is -0.344. The maximum atomic E-state index is 13.5. The first-order chi connectivity index (χ1) is 7.66. The highest BCUT2D eigenvalue weighted by Crippen LogP contribution is 2.25. The van der Waals surface area contributed by atoms with E-state index in [4.69, 9.17) is 11.6 Å². The topological polar surface area (TPSA) is 24.9 Å². The fourth-order valence-corrected chi connectivity index (χ4v) is 2.14. The monoisotopic (exact) mass is 256 g/mol. The molecule has 1 aromatic carbocycles. The van der Waals surface area contributed by atoms with Crippen molar-refractivity contribution in [2.45, 2.75) is 13.0 Å². The van der Waals surface area contributed by atoms with Crippen molar-refractivity contribution >= 4 is 28.6 Å². The highest BCUT2D eigenvalue weighted by molar-refractivity contribution is 7.09. The van der Waals surface area contributed by atoms with Crippen LogP contribution in [0.1, 0.15) is 17.8 Å². The van der Waals surface area contributed by atoms with E-state index in [0.717, 1.165) is 4.88 Å². The summed E-state index contributed by atoms with van der Waals surface area (Å²) < 4.78 is 13.5. The van der Waals surface area contributed by atoms with Gasteiger partial charge in [0.25, 0.3) is 0 Å². The van der Waals surface area contributed by atoms with Crippen molar-refractivity contribution in [2.75, 3.05) is 5.32 Å². The van der Waals surface area contributed by atoms with Crippen LogP contribution in [0.3, 0.4) is 0 Å². The molecular weight excluding hydrogens is 247 g/mol. The standard InChI is InChI=1S/C11H10ClFN2S/c1-7(11-5-14-6-16-11)15-10-3-2-8(12)4-9(10)13/h2-7,15H,1H3. The van der Waals surface area contributed by atoms with Crippen molar-refractivity contribution in [1.82, 2.24) is 4.98 Å². The van der Waals surface area contributed by atoms with Crippen LogP contribution in [0.15, 0.2) is 29.9 Å². The summed E-state index contributed by atoms with van der Waals surface area (Å²) in [6.45, 7) is 1.96. The second-order valence-electron chi connectivity index (χ2n) is 3.39. The molecule has 0 saturated carbocycles. The number of benzene rings is 1. The van der Waals surface area contributed by atoms with Gasteiger partial charge < -0.3 is 5.32 Å². The van der Waals surface area contributed by atoms with E-state index in [1.54, 1.807) is 23.8 Å². The van der Waals surface area contributed by atoms with E-state index in [9.17, 15) is 4.39 Å². The first-order valence-electron chi connectivity index (χ1n) is 4.77. The van der Waals surface area contributed by atoms with Crippen LogP contribution in [0.5, 0.6) is 0 Å². The molecule has 1 atom stereocenters. The Kier molecular flexibility index (Phi) is 3.41. The Morgan fingerprint density at radius 1 is 1.50 bits per heavy atom. The molecule has 0 fully saturated rings. The van der Waals surface area contributed by atoms with E-state index in [1.165, 1.54) is 17.4 Å². The molecule has 2 aromatic rings. The molecule has 5 heteroatoms. The largest absolute Gasteiger partial charge is 0.375 e. The summed E-state index contributed by atoms with van der Waals surface area (Å²) in [7, 11) is 0. The molecule has 1 aromatic heterocycles. The van der Waals surface area contributed by atoms with Crippen molar-refractivity contribution in [3.63, 3.8) is 0 Å². The number of aromatic nitrogens is 1. The first kappa shape index (κ1) is 11.4. The Labute approximate surface area is 102 Å². The molecule has 2 nitrogen and oxygen atoms in total. The summed E-state index contributed by atoms with van der Waals surface area (Å²) >= 11 is 7.21. The smallest absolute Gasteiger partial charge is 0.147 e. The lowest BCUT2D eigenvalue weighted by Crippen LogP contribution is -2.06. The van der Waals surface area contributed by atoms with Gasteiger partial charge in [-0.15, -0.1) is 11.3 Å². The Bertz CT molecular complexity index is 473. The third-order valence-corrected chi connectivity index (χ3v) is 3.37. The molecule has 0 aliphatic rings. The van der Waals surface area contributed by atoms with E-state index < -0.39 is 0 Å². The van der Waals surface area contributed by atoms with Gasteiger partial charge in [0, 0.05) is 16.1 Å². The number of anilines is 1. The van der Waals surface area contributed by atoms with E-state index in [-0.39, 0.29) is 11.9 Å². The van der Waals surface area contributed by atoms with Crippen LogP contribution in [-0.2, 0) is 0 Å². The number of hydrogen-bond acceptors (Lipinski definition) is 3. The normalized spacial score (nSPS) is 12.4. The van der Waals surface area contributed by atoms with Crippen LogP contribution in [0.4, 0.5) is 10.1 Å². The number of thiazole rings is 1. The van der Waals surface area contributed by atoms with Crippen LogP contribution < -0.4 is 5.32 Å². The van der Waals surface area contributed by atoms with Gasteiger partial charge in [-0.1, -0.05) is 11.6 Å². The maximum absolute atomic E-state index is 13.5. The molecule has 0 amide bonds. The van der Waals surface area contributed by atoms with Gasteiger partial charge in [-0.25, -0.2) is 4.39 Å².